The zero-order valence-electron chi connectivity index (χ0n) is 18.3. The fraction of sp³-hybridized carbons (Fsp3) is 0.227. The number of aromatic nitrogens is 5. The average molecular weight is 467 g/mol. The number of carbonyl (C=O) groups is 1. The highest BCUT2D eigenvalue weighted by Crippen LogP contribution is 2.30. The fourth-order valence-electron chi connectivity index (χ4n) is 3.04. The molecule has 10 nitrogen and oxygen atoms in total. The maximum atomic E-state index is 12.4. The summed E-state index contributed by atoms with van der Waals surface area (Å²) in [6.07, 6.45) is 0. The standard InChI is InChI=1S/C22H22N6O4S/c1-4-31-17-10-8-16(9-11-17)28-20(15-6-5-7-18(12-15)30-3)25-26-22(28)33-13-19(29)24-21-23-14(2)27-32-21/h5-12H,4,13H2,1-3H3,(H,23,24,27,29). The van der Waals surface area contributed by atoms with Gasteiger partial charge in [-0.3, -0.25) is 14.7 Å². The summed E-state index contributed by atoms with van der Waals surface area (Å²) in [6.45, 7) is 4.19. The molecule has 1 N–H and O–H groups in total. The van der Waals surface area contributed by atoms with Crippen LogP contribution in [-0.4, -0.2) is 50.3 Å². The molecule has 0 unspecified atom stereocenters. The third-order valence-corrected chi connectivity index (χ3v) is 5.40. The normalized spacial score (nSPS) is 10.8. The van der Waals surface area contributed by atoms with Crippen LogP contribution in [0.15, 0.2) is 58.2 Å². The number of amides is 1. The van der Waals surface area contributed by atoms with E-state index in [4.69, 9.17) is 14.0 Å². The van der Waals surface area contributed by atoms with E-state index in [1.807, 2.05) is 60.0 Å². The molecule has 170 valence electrons. The molecule has 0 aliphatic carbocycles. The van der Waals surface area contributed by atoms with Crippen LogP contribution in [0.25, 0.3) is 17.1 Å². The minimum Gasteiger partial charge on any atom is -0.497 e. The summed E-state index contributed by atoms with van der Waals surface area (Å²) in [4.78, 5) is 16.3. The van der Waals surface area contributed by atoms with Crippen LogP contribution in [0.5, 0.6) is 11.5 Å². The van der Waals surface area contributed by atoms with Crippen molar-refractivity contribution in [1.82, 2.24) is 24.9 Å². The Bertz CT molecular complexity index is 1240. The number of nitrogens with one attached hydrogen (secondary N) is 1. The first-order chi connectivity index (χ1) is 16.1. The fourth-order valence-corrected chi connectivity index (χ4v) is 3.79. The van der Waals surface area contributed by atoms with Crippen LogP contribution in [0.4, 0.5) is 6.01 Å². The Hall–Kier alpha value is -3.86. The van der Waals surface area contributed by atoms with E-state index in [9.17, 15) is 4.79 Å². The Morgan fingerprint density at radius 3 is 2.67 bits per heavy atom. The first-order valence-corrected chi connectivity index (χ1v) is 11.1. The molecule has 0 bridgehead atoms. The number of hydrogen-bond donors (Lipinski definition) is 1. The zero-order valence-corrected chi connectivity index (χ0v) is 19.1. The Kier molecular flexibility index (Phi) is 6.89. The van der Waals surface area contributed by atoms with Gasteiger partial charge in [0.25, 0.3) is 0 Å². The second-order valence-corrected chi connectivity index (χ2v) is 7.73. The molecule has 33 heavy (non-hydrogen) atoms. The number of rotatable bonds is 9. The summed E-state index contributed by atoms with van der Waals surface area (Å²) < 4.78 is 17.7. The van der Waals surface area contributed by atoms with Gasteiger partial charge in [0.1, 0.15) is 11.5 Å². The smallest absolute Gasteiger partial charge is 0.328 e. The van der Waals surface area contributed by atoms with Gasteiger partial charge in [-0.25, -0.2) is 0 Å². The first kappa shape index (κ1) is 22.3. The number of thioether (sulfide) groups is 1. The van der Waals surface area contributed by atoms with Gasteiger partial charge in [-0.05, 0) is 50.2 Å². The van der Waals surface area contributed by atoms with Crippen LogP contribution in [0.3, 0.4) is 0 Å². The van der Waals surface area contributed by atoms with Crippen LogP contribution in [0.2, 0.25) is 0 Å². The number of methoxy groups -OCH3 is 1. The number of anilines is 1. The number of nitrogens with zero attached hydrogens (tertiary/aromatic N) is 5. The molecule has 4 rings (SSSR count). The third kappa shape index (κ3) is 5.32. The topological polar surface area (TPSA) is 117 Å². The lowest BCUT2D eigenvalue weighted by atomic mass is 10.2. The van der Waals surface area contributed by atoms with E-state index in [-0.39, 0.29) is 17.7 Å². The summed E-state index contributed by atoms with van der Waals surface area (Å²) in [5.41, 5.74) is 1.66. The molecule has 1 amide bonds. The number of ether oxygens (including phenoxy) is 2. The molecule has 0 atom stereocenters. The number of benzene rings is 2. The SMILES string of the molecule is CCOc1ccc(-n2c(SCC(=O)Nc3nc(C)no3)nnc2-c2cccc(OC)c2)cc1. The molecule has 0 radical (unpaired) electrons. The molecule has 4 aromatic rings. The van der Waals surface area contributed by atoms with E-state index >= 15 is 0 Å². The number of carbonyl (C=O) groups excluding carboxylic acids is 1. The van der Waals surface area contributed by atoms with E-state index in [1.54, 1.807) is 14.0 Å². The van der Waals surface area contributed by atoms with Crippen molar-refractivity contribution in [2.24, 2.45) is 0 Å². The monoisotopic (exact) mass is 466 g/mol. The second kappa shape index (κ2) is 10.2. The van der Waals surface area contributed by atoms with Crippen molar-refractivity contribution < 1.29 is 18.8 Å². The molecule has 0 spiro atoms. The van der Waals surface area contributed by atoms with Crippen LogP contribution in [-0.2, 0) is 4.79 Å². The van der Waals surface area contributed by atoms with Gasteiger partial charge in [-0.1, -0.05) is 29.1 Å². The molecule has 11 heteroatoms. The van der Waals surface area contributed by atoms with E-state index < -0.39 is 0 Å². The summed E-state index contributed by atoms with van der Waals surface area (Å²) in [5.74, 6) is 2.31. The molecular formula is C22H22N6O4S. The molecule has 0 aliphatic heterocycles. The predicted octanol–water partition coefficient (Wildman–Crippen LogP) is 3.76. The molecule has 0 saturated carbocycles. The Labute approximate surface area is 194 Å². The van der Waals surface area contributed by atoms with Crippen molar-refractivity contribution in [2.45, 2.75) is 19.0 Å². The Balaban J connectivity index is 1.63. The Morgan fingerprint density at radius 1 is 1.15 bits per heavy atom. The lowest BCUT2D eigenvalue weighted by Crippen LogP contribution is -2.14. The van der Waals surface area contributed by atoms with E-state index in [0.29, 0.717) is 29.2 Å². The van der Waals surface area contributed by atoms with Crippen molar-refractivity contribution in [3.05, 3.63) is 54.4 Å². The van der Waals surface area contributed by atoms with Crippen LogP contribution in [0, 0.1) is 6.92 Å². The van der Waals surface area contributed by atoms with Gasteiger partial charge in [0.2, 0.25) is 5.91 Å². The summed E-state index contributed by atoms with van der Waals surface area (Å²) in [6, 6.07) is 15.2. The van der Waals surface area contributed by atoms with Crippen molar-refractivity contribution in [1.29, 1.82) is 0 Å². The predicted molar refractivity (Wildman–Crippen MR) is 123 cm³/mol. The van der Waals surface area contributed by atoms with Gasteiger partial charge >= 0.3 is 6.01 Å². The van der Waals surface area contributed by atoms with Crippen molar-refractivity contribution in [3.63, 3.8) is 0 Å². The van der Waals surface area contributed by atoms with E-state index in [2.05, 4.69) is 25.7 Å². The Morgan fingerprint density at radius 2 is 1.97 bits per heavy atom. The van der Waals surface area contributed by atoms with Crippen LogP contribution in [0.1, 0.15) is 12.7 Å². The van der Waals surface area contributed by atoms with Crippen LogP contribution < -0.4 is 14.8 Å². The first-order valence-electron chi connectivity index (χ1n) is 10.1. The van der Waals surface area contributed by atoms with E-state index in [1.165, 1.54) is 11.8 Å². The lowest BCUT2D eigenvalue weighted by Gasteiger charge is -2.12. The van der Waals surface area contributed by atoms with Gasteiger partial charge in [0.05, 0.1) is 19.5 Å². The quantitative estimate of drug-likeness (QED) is 0.368. The number of hydrogen-bond acceptors (Lipinski definition) is 9. The lowest BCUT2D eigenvalue weighted by molar-refractivity contribution is -0.114. The van der Waals surface area contributed by atoms with Crippen molar-refractivity contribution in [2.75, 3.05) is 24.8 Å². The maximum absolute atomic E-state index is 12.4. The maximum Gasteiger partial charge on any atom is 0.328 e. The second-order valence-electron chi connectivity index (χ2n) is 6.78. The van der Waals surface area contributed by atoms with E-state index in [0.717, 1.165) is 17.0 Å². The largest absolute Gasteiger partial charge is 0.497 e. The molecule has 2 heterocycles. The van der Waals surface area contributed by atoms with Gasteiger partial charge < -0.3 is 14.0 Å². The molecule has 0 saturated heterocycles. The molecule has 0 fully saturated rings. The highest BCUT2D eigenvalue weighted by molar-refractivity contribution is 7.99. The third-order valence-electron chi connectivity index (χ3n) is 4.47. The molecule has 2 aromatic heterocycles. The summed E-state index contributed by atoms with van der Waals surface area (Å²) >= 11 is 1.24. The zero-order chi connectivity index (χ0) is 23.2. The van der Waals surface area contributed by atoms with Gasteiger partial charge in [0, 0.05) is 11.3 Å². The number of aryl methyl sites for hydroxylation is 1. The summed E-state index contributed by atoms with van der Waals surface area (Å²) in [7, 11) is 1.61. The minimum atomic E-state index is -0.298. The van der Waals surface area contributed by atoms with Gasteiger partial charge in [-0.15, -0.1) is 10.2 Å². The van der Waals surface area contributed by atoms with Gasteiger partial charge in [0.15, 0.2) is 16.8 Å². The highest BCUT2D eigenvalue weighted by atomic mass is 32.2. The van der Waals surface area contributed by atoms with Crippen LogP contribution >= 0.6 is 11.8 Å². The highest BCUT2D eigenvalue weighted by Gasteiger charge is 2.18. The van der Waals surface area contributed by atoms with Crippen molar-refractivity contribution >= 4 is 23.7 Å². The summed E-state index contributed by atoms with van der Waals surface area (Å²) in [5, 5.41) is 15.5. The molecule has 0 aliphatic rings. The molecular weight excluding hydrogens is 444 g/mol. The van der Waals surface area contributed by atoms with Crippen molar-refractivity contribution in [3.8, 4) is 28.6 Å². The van der Waals surface area contributed by atoms with Gasteiger partial charge in [-0.2, -0.15) is 4.98 Å². The minimum absolute atomic E-state index is 0.0585. The molecule has 2 aromatic carbocycles. The average Bonchev–Trinajstić information content (AvgIpc) is 3.44.